The molecule has 1 N–H and O–H groups in total. The first-order chi connectivity index (χ1) is 11.5. The lowest BCUT2D eigenvalue weighted by Gasteiger charge is -2.26. The summed E-state index contributed by atoms with van der Waals surface area (Å²) in [5, 5.41) is 3.18. The Balaban J connectivity index is 1.72. The standard InChI is InChI=1S/C18H19ClFN3O/c1-23-8-6-16(18(23)13-4-5-14(19)15(20)10-13)22-17(24)9-12-3-2-7-21-11-12/h2-5,7,10-11,16,18H,6,8-9H2,1H3,(H,22,24)/t16-,18-/m0/s1. The molecule has 1 saturated heterocycles. The summed E-state index contributed by atoms with van der Waals surface area (Å²) in [7, 11) is 1.98. The number of nitrogens with zero attached hydrogens (tertiary/aromatic N) is 2. The van der Waals surface area contributed by atoms with Gasteiger partial charge in [0.05, 0.1) is 17.5 Å². The average Bonchev–Trinajstić information content (AvgIpc) is 2.91. The zero-order valence-electron chi connectivity index (χ0n) is 13.4. The number of nitrogens with one attached hydrogen (secondary N) is 1. The third-order valence-electron chi connectivity index (χ3n) is 4.37. The second-order valence-electron chi connectivity index (χ2n) is 6.10. The molecule has 2 atom stereocenters. The van der Waals surface area contributed by atoms with Gasteiger partial charge in [-0.05, 0) is 42.8 Å². The van der Waals surface area contributed by atoms with Gasteiger partial charge in [0.1, 0.15) is 5.82 Å². The largest absolute Gasteiger partial charge is 0.351 e. The molecule has 2 heterocycles. The third-order valence-corrected chi connectivity index (χ3v) is 4.67. The Kier molecular flexibility index (Phi) is 5.11. The van der Waals surface area contributed by atoms with E-state index in [1.807, 2.05) is 25.2 Å². The van der Waals surface area contributed by atoms with E-state index in [4.69, 9.17) is 11.6 Å². The van der Waals surface area contributed by atoms with Crippen LogP contribution in [0.15, 0.2) is 42.7 Å². The number of carbonyl (C=O) groups excluding carboxylic acids is 1. The lowest BCUT2D eigenvalue weighted by molar-refractivity contribution is -0.121. The van der Waals surface area contributed by atoms with E-state index < -0.39 is 5.82 Å². The molecule has 1 aliphatic heterocycles. The summed E-state index contributed by atoms with van der Waals surface area (Å²) in [6.45, 7) is 0.840. The SMILES string of the molecule is CN1CC[C@H](NC(=O)Cc2cccnc2)[C@@H]1c1ccc(Cl)c(F)c1. The van der Waals surface area contributed by atoms with Crippen LogP contribution in [0, 0.1) is 5.82 Å². The molecule has 4 nitrogen and oxygen atoms in total. The number of likely N-dealkylation sites (N-methyl/N-ethyl adjacent to an activating group) is 1. The van der Waals surface area contributed by atoms with Crippen LogP contribution in [0.1, 0.15) is 23.6 Å². The molecule has 3 rings (SSSR count). The smallest absolute Gasteiger partial charge is 0.224 e. The number of hydrogen-bond donors (Lipinski definition) is 1. The van der Waals surface area contributed by atoms with Gasteiger partial charge in [0.25, 0.3) is 0 Å². The van der Waals surface area contributed by atoms with Crippen molar-refractivity contribution in [2.45, 2.75) is 24.9 Å². The zero-order valence-corrected chi connectivity index (χ0v) is 14.1. The maximum Gasteiger partial charge on any atom is 0.224 e. The van der Waals surface area contributed by atoms with Crippen LogP contribution in [-0.2, 0) is 11.2 Å². The number of benzene rings is 1. The topological polar surface area (TPSA) is 45.2 Å². The highest BCUT2D eigenvalue weighted by Crippen LogP contribution is 2.32. The van der Waals surface area contributed by atoms with Crippen LogP contribution < -0.4 is 5.32 Å². The molecule has 1 aromatic heterocycles. The second-order valence-corrected chi connectivity index (χ2v) is 6.51. The average molecular weight is 348 g/mol. The fraction of sp³-hybridized carbons (Fsp3) is 0.333. The van der Waals surface area contributed by atoms with E-state index in [-0.39, 0.29) is 29.4 Å². The van der Waals surface area contributed by atoms with Gasteiger partial charge >= 0.3 is 0 Å². The van der Waals surface area contributed by atoms with Crippen LogP contribution in [-0.4, -0.2) is 35.4 Å². The van der Waals surface area contributed by atoms with E-state index in [0.717, 1.165) is 24.1 Å². The first kappa shape index (κ1) is 16.9. The van der Waals surface area contributed by atoms with Gasteiger partial charge in [0.2, 0.25) is 5.91 Å². The molecule has 1 aromatic carbocycles. The quantitative estimate of drug-likeness (QED) is 0.924. The third kappa shape index (κ3) is 3.74. The first-order valence-corrected chi connectivity index (χ1v) is 8.26. The number of likely N-dealkylation sites (tertiary alicyclic amines) is 1. The molecule has 0 saturated carbocycles. The van der Waals surface area contributed by atoms with Crippen LogP contribution in [0.25, 0.3) is 0 Å². The summed E-state index contributed by atoms with van der Waals surface area (Å²) in [5.41, 5.74) is 1.69. The highest BCUT2D eigenvalue weighted by Gasteiger charge is 2.34. The highest BCUT2D eigenvalue weighted by molar-refractivity contribution is 6.30. The molecule has 126 valence electrons. The number of halogens is 2. The Morgan fingerprint density at radius 3 is 3.00 bits per heavy atom. The highest BCUT2D eigenvalue weighted by atomic mass is 35.5. The zero-order chi connectivity index (χ0) is 17.1. The normalized spacial score (nSPS) is 21.0. The molecule has 1 aliphatic rings. The Labute approximate surface area is 145 Å². The summed E-state index contributed by atoms with van der Waals surface area (Å²) in [5.74, 6) is -0.488. The molecular weight excluding hydrogens is 329 g/mol. The maximum absolute atomic E-state index is 13.8. The van der Waals surface area contributed by atoms with Gasteiger partial charge in [-0.25, -0.2) is 4.39 Å². The van der Waals surface area contributed by atoms with Crippen molar-refractivity contribution < 1.29 is 9.18 Å². The Bertz CT molecular complexity index is 725. The van der Waals surface area contributed by atoms with Crippen LogP contribution in [0.3, 0.4) is 0 Å². The van der Waals surface area contributed by atoms with Crippen molar-refractivity contribution in [3.05, 3.63) is 64.7 Å². The van der Waals surface area contributed by atoms with Crippen molar-refractivity contribution in [2.24, 2.45) is 0 Å². The number of rotatable bonds is 4. The molecule has 24 heavy (non-hydrogen) atoms. The van der Waals surface area contributed by atoms with Gasteiger partial charge in [-0.3, -0.25) is 14.7 Å². The number of carbonyl (C=O) groups is 1. The monoisotopic (exact) mass is 347 g/mol. The molecular formula is C18H19ClFN3O. The summed E-state index contributed by atoms with van der Waals surface area (Å²) in [6, 6.07) is 8.40. The van der Waals surface area contributed by atoms with Crippen molar-refractivity contribution in [2.75, 3.05) is 13.6 Å². The minimum absolute atomic E-state index is 0.0530. The summed E-state index contributed by atoms with van der Waals surface area (Å²) < 4.78 is 13.8. The van der Waals surface area contributed by atoms with Crippen molar-refractivity contribution in [3.63, 3.8) is 0 Å². The number of aromatic nitrogens is 1. The molecule has 0 bridgehead atoms. The van der Waals surface area contributed by atoms with Crippen LogP contribution in [0.2, 0.25) is 5.02 Å². The number of amides is 1. The van der Waals surface area contributed by atoms with E-state index in [1.54, 1.807) is 18.5 Å². The molecule has 0 aliphatic carbocycles. The van der Waals surface area contributed by atoms with E-state index >= 15 is 0 Å². The predicted molar refractivity (Wildman–Crippen MR) is 91.3 cm³/mol. The van der Waals surface area contributed by atoms with Gasteiger partial charge in [-0.1, -0.05) is 23.7 Å². The van der Waals surface area contributed by atoms with Crippen molar-refractivity contribution >= 4 is 17.5 Å². The molecule has 0 spiro atoms. The minimum atomic E-state index is -0.435. The Hall–Kier alpha value is -1.98. The maximum atomic E-state index is 13.8. The minimum Gasteiger partial charge on any atom is -0.351 e. The van der Waals surface area contributed by atoms with E-state index in [0.29, 0.717) is 0 Å². The lowest BCUT2D eigenvalue weighted by atomic mass is 9.99. The van der Waals surface area contributed by atoms with Crippen molar-refractivity contribution in [3.8, 4) is 0 Å². The van der Waals surface area contributed by atoms with Crippen molar-refractivity contribution in [1.82, 2.24) is 15.2 Å². The lowest BCUT2D eigenvalue weighted by Crippen LogP contribution is -2.39. The summed E-state index contributed by atoms with van der Waals surface area (Å²) in [6.07, 6.45) is 4.48. The van der Waals surface area contributed by atoms with Gasteiger partial charge in [-0.15, -0.1) is 0 Å². The Morgan fingerprint density at radius 1 is 1.46 bits per heavy atom. The summed E-state index contributed by atoms with van der Waals surface area (Å²) in [4.78, 5) is 18.5. The first-order valence-electron chi connectivity index (χ1n) is 7.88. The number of hydrogen-bond acceptors (Lipinski definition) is 3. The van der Waals surface area contributed by atoms with Crippen LogP contribution in [0.4, 0.5) is 4.39 Å². The fourth-order valence-corrected chi connectivity index (χ4v) is 3.34. The molecule has 6 heteroatoms. The Morgan fingerprint density at radius 2 is 2.29 bits per heavy atom. The fourth-order valence-electron chi connectivity index (χ4n) is 3.23. The van der Waals surface area contributed by atoms with Gasteiger partial charge < -0.3 is 5.32 Å². The van der Waals surface area contributed by atoms with E-state index in [1.165, 1.54) is 6.07 Å². The van der Waals surface area contributed by atoms with E-state index in [2.05, 4.69) is 15.2 Å². The predicted octanol–water partition coefficient (Wildman–Crippen LogP) is 2.98. The van der Waals surface area contributed by atoms with Crippen LogP contribution >= 0.6 is 11.6 Å². The molecule has 0 radical (unpaired) electrons. The molecule has 1 amide bonds. The van der Waals surface area contributed by atoms with Gasteiger partial charge in [0, 0.05) is 25.0 Å². The van der Waals surface area contributed by atoms with Gasteiger partial charge in [-0.2, -0.15) is 0 Å². The molecule has 2 aromatic rings. The number of pyridine rings is 1. The van der Waals surface area contributed by atoms with E-state index in [9.17, 15) is 9.18 Å². The molecule has 1 fully saturated rings. The van der Waals surface area contributed by atoms with Gasteiger partial charge in [0.15, 0.2) is 0 Å². The summed E-state index contributed by atoms with van der Waals surface area (Å²) >= 11 is 5.77. The van der Waals surface area contributed by atoms with Crippen molar-refractivity contribution in [1.29, 1.82) is 0 Å². The van der Waals surface area contributed by atoms with Crippen LogP contribution in [0.5, 0.6) is 0 Å². The second kappa shape index (κ2) is 7.28. The molecule has 0 unspecified atom stereocenters.